The fraction of sp³-hybridized carbons (Fsp3) is 0.500. The molecule has 1 saturated heterocycles. The maximum absolute atomic E-state index is 13.7. The monoisotopic (exact) mass is 387 g/mol. The first kappa shape index (κ1) is 17.7. The summed E-state index contributed by atoms with van der Waals surface area (Å²) in [4.78, 5) is 25.2. The van der Waals surface area contributed by atoms with Crippen molar-refractivity contribution < 1.29 is 23.5 Å². The normalized spacial score (nSPS) is 18.0. The number of benzene rings is 1. The molecule has 1 atom stereocenters. The molecule has 0 aromatic heterocycles. The summed E-state index contributed by atoms with van der Waals surface area (Å²) < 4.78 is 23.8. The Bertz CT molecular complexity index is 615. The molecule has 126 valence electrons. The molecule has 1 unspecified atom stereocenters. The van der Waals surface area contributed by atoms with Crippen molar-refractivity contribution in [1.82, 2.24) is 4.90 Å². The minimum Gasteiger partial charge on any atom is -0.428 e. The molecule has 1 aliphatic heterocycles. The molecule has 0 radical (unpaired) electrons. The van der Waals surface area contributed by atoms with E-state index in [1.807, 2.05) is 0 Å². The van der Waals surface area contributed by atoms with E-state index < -0.39 is 23.7 Å². The fourth-order valence-electron chi connectivity index (χ4n) is 2.45. The van der Waals surface area contributed by atoms with Crippen LogP contribution >= 0.6 is 15.9 Å². The van der Waals surface area contributed by atoms with Crippen molar-refractivity contribution in [2.75, 3.05) is 6.54 Å². The van der Waals surface area contributed by atoms with Gasteiger partial charge in [0.1, 0.15) is 11.4 Å². The van der Waals surface area contributed by atoms with E-state index in [1.165, 1.54) is 11.0 Å². The highest BCUT2D eigenvalue weighted by atomic mass is 79.9. The Morgan fingerprint density at radius 2 is 2.04 bits per heavy atom. The number of amides is 1. The predicted molar refractivity (Wildman–Crippen MR) is 85.5 cm³/mol. The van der Waals surface area contributed by atoms with Gasteiger partial charge in [-0.25, -0.2) is 14.0 Å². The van der Waals surface area contributed by atoms with Crippen molar-refractivity contribution in [2.45, 2.75) is 45.3 Å². The third-order valence-corrected chi connectivity index (χ3v) is 4.02. The molecule has 1 heterocycles. The Morgan fingerprint density at radius 3 is 2.65 bits per heavy atom. The first-order valence-corrected chi connectivity index (χ1v) is 8.13. The highest BCUT2D eigenvalue weighted by Crippen LogP contribution is 2.34. The van der Waals surface area contributed by atoms with Crippen LogP contribution in [0.25, 0.3) is 0 Å². The number of ether oxygens (including phenoxy) is 2. The smallest absolute Gasteiger partial charge is 0.428 e. The van der Waals surface area contributed by atoms with Crippen molar-refractivity contribution in [2.24, 2.45) is 0 Å². The molecule has 1 amide bonds. The van der Waals surface area contributed by atoms with Crippen LogP contribution in [0.1, 0.15) is 45.2 Å². The first-order valence-electron chi connectivity index (χ1n) is 7.34. The molecule has 1 aromatic carbocycles. The molecule has 1 aromatic rings. The largest absolute Gasteiger partial charge is 0.517 e. The maximum atomic E-state index is 13.7. The van der Waals surface area contributed by atoms with Crippen molar-refractivity contribution in [3.05, 3.63) is 34.1 Å². The second-order valence-electron chi connectivity index (χ2n) is 6.36. The van der Waals surface area contributed by atoms with Crippen LogP contribution < -0.4 is 0 Å². The number of carbonyl (C=O) groups is 2. The number of nitrogens with zero attached hydrogens (tertiary/aromatic N) is 1. The van der Waals surface area contributed by atoms with E-state index in [-0.39, 0.29) is 6.04 Å². The lowest BCUT2D eigenvalue weighted by atomic mass is 10.0. The molecule has 2 rings (SSSR count). The van der Waals surface area contributed by atoms with Crippen LogP contribution in [0.4, 0.5) is 14.0 Å². The molecular weight excluding hydrogens is 369 g/mol. The second-order valence-corrected chi connectivity index (χ2v) is 7.21. The van der Waals surface area contributed by atoms with E-state index in [4.69, 9.17) is 9.47 Å². The van der Waals surface area contributed by atoms with Crippen molar-refractivity contribution in [3.8, 4) is 0 Å². The van der Waals surface area contributed by atoms with Crippen molar-refractivity contribution in [1.29, 1.82) is 0 Å². The van der Waals surface area contributed by atoms with Gasteiger partial charge in [-0.2, -0.15) is 0 Å². The summed E-state index contributed by atoms with van der Waals surface area (Å²) in [5.41, 5.74) is -0.0688. The predicted octanol–water partition coefficient (Wildman–Crippen LogP) is 4.80. The van der Waals surface area contributed by atoms with E-state index in [1.54, 1.807) is 32.9 Å². The van der Waals surface area contributed by atoms with Gasteiger partial charge in [0, 0.05) is 6.54 Å². The van der Waals surface area contributed by atoms with Gasteiger partial charge in [0.15, 0.2) is 0 Å². The number of carbonyl (C=O) groups excluding carboxylic acids is 2. The minimum atomic E-state index is -1.03. The standard InChI is InChI=1S/C16H19BrFNO4/c1-16(2,3)23-15(21)22-14(20)19-8-4-5-13(19)10-6-7-11(17)12(18)9-10/h6-7,9,13H,4-5,8H2,1-3H3. The Kier molecular flexibility index (Phi) is 5.29. The van der Waals surface area contributed by atoms with Gasteiger partial charge in [-0.1, -0.05) is 6.07 Å². The molecule has 1 fully saturated rings. The second kappa shape index (κ2) is 6.86. The lowest BCUT2D eigenvalue weighted by Gasteiger charge is -2.25. The van der Waals surface area contributed by atoms with E-state index in [9.17, 15) is 14.0 Å². The van der Waals surface area contributed by atoms with Gasteiger partial charge in [0.25, 0.3) is 0 Å². The van der Waals surface area contributed by atoms with Crippen molar-refractivity contribution in [3.63, 3.8) is 0 Å². The number of rotatable bonds is 1. The molecule has 0 bridgehead atoms. The average molecular weight is 388 g/mol. The van der Waals surface area contributed by atoms with Crippen LogP contribution in [-0.2, 0) is 9.47 Å². The highest BCUT2D eigenvalue weighted by molar-refractivity contribution is 9.10. The van der Waals surface area contributed by atoms with Crippen molar-refractivity contribution >= 4 is 28.2 Å². The zero-order valence-electron chi connectivity index (χ0n) is 13.3. The van der Waals surface area contributed by atoms with Gasteiger partial charge in [0.05, 0.1) is 10.5 Å². The van der Waals surface area contributed by atoms with E-state index in [0.29, 0.717) is 23.0 Å². The topological polar surface area (TPSA) is 55.8 Å². The molecule has 23 heavy (non-hydrogen) atoms. The summed E-state index contributed by atoms with van der Waals surface area (Å²) in [7, 11) is 0. The molecule has 0 aliphatic carbocycles. The Balaban J connectivity index is 2.07. The van der Waals surface area contributed by atoms with Crippen LogP contribution in [0.3, 0.4) is 0 Å². The molecule has 0 N–H and O–H groups in total. The fourth-order valence-corrected chi connectivity index (χ4v) is 2.70. The molecular formula is C16H19BrFNO4. The minimum absolute atomic E-state index is 0.312. The molecule has 7 heteroatoms. The summed E-state index contributed by atoms with van der Waals surface area (Å²) in [5.74, 6) is -0.394. The molecule has 0 spiro atoms. The number of hydrogen-bond acceptors (Lipinski definition) is 4. The first-order chi connectivity index (χ1) is 10.7. The molecule has 5 nitrogen and oxygen atoms in total. The average Bonchev–Trinajstić information content (AvgIpc) is 2.89. The van der Waals surface area contributed by atoms with Crippen LogP contribution in [-0.4, -0.2) is 29.3 Å². The molecule has 1 aliphatic rings. The van der Waals surface area contributed by atoms with Gasteiger partial charge in [-0.15, -0.1) is 0 Å². The van der Waals surface area contributed by atoms with Gasteiger partial charge < -0.3 is 14.4 Å². The van der Waals surface area contributed by atoms with Gasteiger partial charge in [-0.05, 0) is 67.2 Å². The summed E-state index contributed by atoms with van der Waals surface area (Å²) in [6.45, 7) is 5.50. The quantitative estimate of drug-likeness (QED) is 0.513. The van der Waals surface area contributed by atoms with E-state index >= 15 is 0 Å². The zero-order valence-corrected chi connectivity index (χ0v) is 14.9. The third kappa shape index (κ3) is 4.67. The SMILES string of the molecule is CC(C)(C)OC(=O)OC(=O)N1CCCC1c1ccc(Br)c(F)c1. The van der Waals surface area contributed by atoms with Gasteiger partial charge in [-0.3, -0.25) is 0 Å². The lowest BCUT2D eigenvalue weighted by molar-refractivity contribution is 0.00204. The summed E-state index contributed by atoms with van der Waals surface area (Å²) in [6.07, 6.45) is -0.365. The third-order valence-electron chi connectivity index (χ3n) is 3.38. The highest BCUT2D eigenvalue weighted by Gasteiger charge is 2.33. The molecule has 0 saturated carbocycles. The maximum Gasteiger partial charge on any atom is 0.517 e. The number of likely N-dealkylation sites (tertiary alicyclic amines) is 1. The van der Waals surface area contributed by atoms with Crippen LogP contribution in [0.15, 0.2) is 22.7 Å². The van der Waals surface area contributed by atoms with Crippen LogP contribution in [0, 0.1) is 5.82 Å². The van der Waals surface area contributed by atoms with Crippen LogP contribution in [0.2, 0.25) is 0 Å². The lowest BCUT2D eigenvalue weighted by Crippen LogP contribution is -2.34. The number of halogens is 2. The van der Waals surface area contributed by atoms with E-state index in [2.05, 4.69) is 15.9 Å². The summed E-state index contributed by atoms with van der Waals surface area (Å²) >= 11 is 3.10. The zero-order chi connectivity index (χ0) is 17.2. The summed E-state index contributed by atoms with van der Waals surface area (Å²) in [5, 5.41) is 0. The Labute approximate surface area is 142 Å². The Morgan fingerprint density at radius 1 is 1.35 bits per heavy atom. The van der Waals surface area contributed by atoms with Crippen LogP contribution in [0.5, 0.6) is 0 Å². The number of hydrogen-bond donors (Lipinski definition) is 0. The van der Waals surface area contributed by atoms with Gasteiger partial charge in [0.2, 0.25) is 0 Å². The Hall–Kier alpha value is -1.63. The summed E-state index contributed by atoms with van der Waals surface area (Å²) in [6, 6.07) is 4.41. The van der Waals surface area contributed by atoms with E-state index in [0.717, 1.165) is 6.42 Å². The van der Waals surface area contributed by atoms with Gasteiger partial charge >= 0.3 is 12.2 Å².